The van der Waals surface area contributed by atoms with Crippen molar-refractivity contribution in [2.45, 2.75) is 0 Å². The van der Waals surface area contributed by atoms with Gasteiger partial charge in [0, 0.05) is 5.56 Å². The molecular formula is C29H18BN3. The second-order valence-corrected chi connectivity index (χ2v) is 7.64. The molecule has 1 heterocycles. The van der Waals surface area contributed by atoms with Crippen LogP contribution in [0.2, 0.25) is 0 Å². The van der Waals surface area contributed by atoms with Crippen molar-refractivity contribution in [3.05, 3.63) is 121 Å². The number of hydrogen-bond donors (Lipinski definition) is 0. The minimum atomic E-state index is 0.447. The van der Waals surface area contributed by atoms with E-state index < -0.39 is 0 Å². The Morgan fingerprint density at radius 1 is 0.545 bits per heavy atom. The lowest BCUT2D eigenvalue weighted by Gasteiger charge is -2.13. The van der Waals surface area contributed by atoms with E-state index in [1.54, 1.807) is 0 Å². The van der Waals surface area contributed by atoms with Crippen LogP contribution in [-0.4, -0.2) is 17.8 Å². The summed E-state index contributed by atoms with van der Waals surface area (Å²) in [4.78, 5) is 13.6. The van der Waals surface area contributed by atoms with Crippen LogP contribution >= 0.6 is 0 Å². The van der Waals surface area contributed by atoms with Gasteiger partial charge in [0.1, 0.15) is 7.85 Å². The molecule has 33 heavy (non-hydrogen) atoms. The summed E-state index contributed by atoms with van der Waals surface area (Å²) in [7, 11) is 5.99. The van der Waals surface area contributed by atoms with E-state index in [2.05, 4.69) is 10.9 Å². The Morgan fingerprint density at radius 2 is 1.03 bits per heavy atom. The third-order valence-electron chi connectivity index (χ3n) is 5.43. The molecule has 0 atom stereocenters. The van der Waals surface area contributed by atoms with Crippen molar-refractivity contribution in [2.24, 2.45) is 0 Å². The summed E-state index contributed by atoms with van der Waals surface area (Å²) in [6.45, 7) is 7.90. The van der Waals surface area contributed by atoms with Crippen LogP contribution in [0.3, 0.4) is 0 Å². The highest BCUT2D eigenvalue weighted by Crippen LogP contribution is 2.38. The van der Waals surface area contributed by atoms with E-state index in [0.717, 1.165) is 27.8 Å². The maximum absolute atomic E-state index is 7.90. The van der Waals surface area contributed by atoms with Gasteiger partial charge in [-0.25, -0.2) is 14.8 Å². The minimum Gasteiger partial charge on any atom is -0.240 e. The normalized spacial score (nSPS) is 10.5. The fraction of sp³-hybridized carbons (Fsp3) is 0. The zero-order valence-corrected chi connectivity index (χ0v) is 17.8. The predicted octanol–water partition coefficient (Wildman–Crippen LogP) is 6.49. The van der Waals surface area contributed by atoms with Gasteiger partial charge < -0.3 is 0 Å². The van der Waals surface area contributed by atoms with Gasteiger partial charge in [0.2, 0.25) is 5.69 Å². The van der Waals surface area contributed by atoms with Gasteiger partial charge in [0.15, 0.2) is 5.82 Å². The molecule has 0 unspecified atom stereocenters. The fourth-order valence-corrected chi connectivity index (χ4v) is 3.84. The summed E-state index contributed by atoms with van der Waals surface area (Å²) in [6, 6.07) is 35.5. The molecule has 152 valence electrons. The van der Waals surface area contributed by atoms with Crippen molar-refractivity contribution in [1.82, 2.24) is 9.97 Å². The molecular weight excluding hydrogens is 401 g/mol. The van der Waals surface area contributed by atoms with Gasteiger partial charge in [-0.05, 0) is 28.3 Å². The second-order valence-electron chi connectivity index (χ2n) is 7.64. The van der Waals surface area contributed by atoms with Gasteiger partial charge in [0.05, 0.1) is 18.0 Å². The molecule has 0 fully saturated rings. The quantitative estimate of drug-likeness (QED) is 0.246. The smallest absolute Gasteiger partial charge is 0.238 e. The third kappa shape index (κ3) is 4.17. The number of rotatable bonds is 4. The fourth-order valence-electron chi connectivity index (χ4n) is 3.84. The molecule has 4 heteroatoms. The van der Waals surface area contributed by atoms with Crippen LogP contribution in [0, 0.1) is 6.57 Å². The molecule has 0 N–H and O–H groups in total. The molecule has 0 spiro atoms. The first-order valence-corrected chi connectivity index (χ1v) is 10.6. The van der Waals surface area contributed by atoms with Crippen LogP contribution in [0.25, 0.3) is 49.9 Å². The summed E-state index contributed by atoms with van der Waals surface area (Å²) >= 11 is 0. The van der Waals surface area contributed by atoms with Gasteiger partial charge in [0.25, 0.3) is 0 Å². The summed E-state index contributed by atoms with van der Waals surface area (Å²) < 4.78 is 0. The Kier molecular flexibility index (Phi) is 5.53. The van der Waals surface area contributed by atoms with Crippen LogP contribution < -0.4 is 5.46 Å². The number of benzene rings is 4. The standard InChI is InChI=1S/C29H18BN3/c1-31-28-26(20-10-4-2-5-11-20)32-29(33-27(28)21-12-6-3-7-13-21)24-16-8-14-22(18-24)23-15-9-17-25(30)19-23/h2-19H. The lowest BCUT2D eigenvalue weighted by molar-refractivity contribution is 1.19. The predicted molar refractivity (Wildman–Crippen MR) is 135 cm³/mol. The Morgan fingerprint density at radius 3 is 1.58 bits per heavy atom. The van der Waals surface area contributed by atoms with Crippen LogP contribution in [-0.2, 0) is 0 Å². The topological polar surface area (TPSA) is 30.1 Å². The Labute approximate surface area is 194 Å². The first kappa shape index (κ1) is 20.4. The third-order valence-corrected chi connectivity index (χ3v) is 5.43. The second kappa shape index (κ2) is 8.94. The highest BCUT2D eigenvalue weighted by Gasteiger charge is 2.18. The number of hydrogen-bond acceptors (Lipinski definition) is 2. The molecule has 0 bridgehead atoms. The van der Waals surface area contributed by atoms with Crippen LogP contribution in [0.15, 0.2) is 109 Å². The van der Waals surface area contributed by atoms with Gasteiger partial charge in [-0.2, -0.15) is 0 Å². The van der Waals surface area contributed by atoms with Crippen molar-refractivity contribution in [3.63, 3.8) is 0 Å². The average Bonchev–Trinajstić information content (AvgIpc) is 2.89. The van der Waals surface area contributed by atoms with Crippen LogP contribution in [0.1, 0.15) is 0 Å². The zero-order chi connectivity index (χ0) is 22.6. The van der Waals surface area contributed by atoms with E-state index in [0.29, 0.717) is 28.4 Å². The van der Waals surface area contributed by atoms with Crippen molar-refractivity contribution < 1.29 is 0 Å². The summed E-state index contributed by atoms with van der Waals surface area (Å²) in [5, 5.41) is 0. The van der Waals surface area contributed by atoms with Gasteiger partial charge >= 0.3 is 0 Å². The summed E-state index contributed by atoms with van der Waals surface area (Å²) in [5.74, 6) is 0.575. The Balaban J connectivity index is 1.74. The van der Waals surface area contributed by atoms with E-state index in [1.807, 2.05) is 103 Å². The SMILES string of the molecule is [B]c1cccc(-c2cccc(-c3nc(-c4ccccc4)c([N+]#[C-])c(-c4ccccc4)n3)c2)c1. The Bertz CT molecular complexity index is 1410. The molecule has 3 nitrogen and oxygen atoms in total. The van der Waals surface area contributed by atoms with Gasteiger partial charge in [-0.3, -0.25) is 0 Å². The Hall–Kier alpha value is -4.49. The molecule has 5 aromatic rings. The lowest BCUT2D eigenvalue weighted by atomic mass is 9.92. The molecule has 1 aromatic heterocycles. The molecule has 0 amide bonds. The maximum Gasteiger partial charge on any atom is 0.238 e. The summed E-state index contributed by atoms with van der Waals surface area (Å²) in [5.41, 5.74) is 7.12. The van der Waals surface area contributed by atoms with E-state index >= 15 is 0 Å². The zero-order valence-electron chi connectivity index (χ0n) is 17.8. The average molecular weight is 419 g/mol. The molecule has 0 saturated heterocycles. The van der Waals surface area contributed by atoms with Crippen LogP contribution in [0.4, 0.5) is 5.69 Å². The first-order chi connectivity index (χ1) is 16.2. The van der Waals surface area contributed by atoms with Gasteiger partial charge in [-0.1, -0.05) is 109 Å². The number of aromatic nitrogens is 2. The van der Waals surface area contributed by atoms with E-state index in [9.17, 15) is 0 Å². The molecule has 4 aromatic carbocycles. The van der Waals surface area contributed by atoms with Crippen molar-refractivity contribution in [1.29, 1.82) is 0 Å². The minimum absolute atomic E-state index is 0.447. The largest absolute Gasteiger partial charge is 0.240 e. The molecule has 0 saturated carbocycles. The van der Waals surface area contributed by atoms with E-state index in [-0.39, 0.29) is 0 Å². The first-order valence-electron chi connectivity index (χ1n) is 10.6. The molecule has 0 aliphatic heterocycles. The summed E-state index contributed by atoms with van der Waals surface area (Å²) in [6.07, 6.45) is 0. The highest BCUT2D eigenvalue weighted by molar-refractivity contribution is 6.32. The van der Waals surface area contributed by atoms with E-state index in [4.69, 9.17) is 24.4 Å². The number of nitrogens with zero attached hydrogens (tertiary/aromatic N) is 3. The van der Waals surface area contributed by atoms with Crippen LogP contribution in [0.5, 0.6) is 0 Å². The van der Waals surface area contributed by atoms with E-state index in [1.165, 1.54) is 0 Å². The molecule has 2 radical (unpaired) electrons. The molecule has 0 aliphatic rings. The molecule has 5 rings (SSSR count). The maximum atomic E-state index is 7.90. The highest BCUT2D eigenvalue weighted by atomic mass is 14.9. The van der Waals surface area contributed by atoms with Crippen molar-refractivity contribution in [2.75, 3.05) is 0 Å². The lowest BCUT2D eigenvalue weighted by Crippen LogP contribution is -2.00. The van der Waals surface area contributed by atoms with Crippen molar-refractivity contribution in [3.8, 4) is 45.0 Å². The molecule has 0 aliphatic carbocycles. The van der Waals surface area contributed by atoms with Crippen molar-refractivity contribution >= 4 is 19.0 Å². The van der Waals surface area contributed by atoms with Gasteiger partial charge in [-0.15, -0.1) is 0 Å². The monoisotopic (exact) mass is 419 g/mol.